The number of rotatable bonds is 5. The van der Waals surface area contributed by atoms with Crippen LogP contribution in [0.5, 0.6) is 0 Å². The Morgan fingerprint density at radius 2 is 2.33 bits per heavy atom. The van der Waals surface area contributed by atoms with E-state index in [0.717, 1.165) is 11.0 Å². The van der Waals surface area contributed by atoms with Gasteiger partial charge in [-0.2, -0.15) is 0 Å². The van der Waals surface area contributed by atoms with Crippen LogP contribution in [-0.4, -0.2) is 19.0 Å². The molecule has 0 spiro atoms. The highest BCUT2D eigenvalue weighted by atomic mass is 79.9. The molecule has 0 radical (unpaired) electrons. The molecule has 1 unspecified atom stereocenters. The average molecular weight is 291 g/mol. The maximum Gasteiger partial charge on any atom is 0.216 e. The molecule has 0 aliphatic rings. The van der Waals surface area contributed by atoms with Crippen molar-refractivity contribution in [3.8, 4) is 0 Å². The standard InChI is InChI=1S/C10H15BrN2OS/c1-7(10-9(11)3-6-15-10)12-4-5-13-8(2)14/h3,6-7,12H,4-5H2,1-2H3,(H,13,14). The summed E-state index contributed by atoms with van der Waals surface area (Å²) in [6.45, 7) is 5.09. The van der Waals surface area contributed by atoms with Gasteiger partial charge in [0.1, 0.15) is 0 Å². The molecule has 0 aliphatic heterocycles. The van der Waals surface area contributed by atoms with Gasteiger partial charge in [0.25, 0.3) is 0 Å². The van der Waals surface area contributed by atoms with Gasteiger partial charge < -0.3 is 10.6 Å². The van der Waals surface area contributed by atoms with E-state index in [-0.39, 0.29) is 5.91 Å². The molecule has 84 valence electrons. The van der Waals surface area contributed by atoms with Gasteiger partial charge in [0.2, 0.25) is 5.91 Å². The molecule has 2 N–H and O–H groups in total. The lowest BCUT2D eigenvalue weighted by Crippen LogP contribution is -2.31. The maximum atomic E-state index is 10.6. The van der Waals surface area contributed by atoms with E-state index in [1.54, 1.807) is 11.3 Å². The maximum absolute atomic E-state index is 10.6. The van der Waals surface area contributed by atoms with Crippen LogP contribution in [-0.2, 0) is 4.79 Å². The van der Waals surface area contributed by atoms with Crippen LogP contribution >= 0.6 is 27.3 Å². The van der Waals surface area contributed by atoms with Crippen molar-refractivity contribution in [2.24, 2.45) is 0 Å². The van der Waals surface area contributed by atoms with Crippen LogP contribution in [0.15, 0.2) is 15.9 Å². The summed E-state index contributed by atoms with van der Waals surface area (Å²) in [7, 11) is 0. The molecule has 3 nitrogen and oxygen atoms in total. The summed E-state index contributed by atoms with van der Waals surface area (Å²) in [6, 6.07) is 2.36. The van der Waals surface area contributed by atoms with Gasteiger partial charge in [-0.1, -0.05) is 0 Å². The van der Waals surface area contributed by atoms with Gasteiger partial charge in [0.15, 0.2) is 0 Å². The SMILES string of the molecule is CC(=O)NCCNC(C)c1sccc1Br. The number of hydrogen-bond donors (Lipinski definition) is 2. The van der Waals surface area contributed by atoms with Crippen LogP contribution in [0.3, 0.4) is 0 Å². The molecule has 1 heterocycles. The van der Waals surface area contributed by atoms with Gasteiger partial charge in [-0.15, -0.1) is 11.3 Å². The van der Waals surface area contributed by atoms with Crippen LogP contribution in [0.4, 0.5) is 0 Å². The van der Waals surface area contributed by atoms with Crippen LogP contribution in [0.2, 0.25) is 0 Å². The molecular weight excluding hydrogens is 276 g/mol. The van der Waals surface area contributed by atoms with E-state index in [2.05, 4.69) is 38.9 Å². The molecule has 1 rings (SSSR count). The fraction of sp³-hybridized carbons (Fsp3) is 0.500. The second-order valence-electron chi connectivity index (χ2n) is 3.29. The molecule has 1 aromatic rings. The first-order chi connectivity index (χ1) is 7.11. The molecule has 0 aliphatic carbocycles. The Morgan fingerprint density at radius 3 is 2.87 bits per heavy atom. The van der Waals surface area contributed by atoms with Crippen LogP contribution < -0.4 is 10.6 Å². The molecule has 0 bridgehead atoms. The molecule has 5 heteroatoms. The molecule has 0 saturated carbocycles. The second-order valence-corrected chi connectivity index (χ2v) is 5.09. The van der Waals surface area contributed by atoms with Crippen LogP contribution in [0.1, 0.15) is 24.8 Å². The quantitative estimate of drug-likeness (QED) is 0.817. The van der Waals surface area contributed by atoms with E-state index in [0.29, 0.717) is 12.6 Å². The van der Waals surface area contributed by atoms with Crippen LogP contribution in [0, 0.1) is 0 Å². The predicted molar refractivity (Wildman–Crippen MR) is 67.1 cm³/mol. The lowest BCUT2D eigenvalue weighted by Gasteiger charge is -2.12. The van der Waals surface area contributed by atoms with E-state index in [9.17, 15) is 4.79 Å². The molecule has 15 heavy (non-hydrogen) atoms. The first-order valence-electron chi connectivity index (χ1n) is 4.82. The zero-order valence-corrected chi connectivity index (χ0v) is 11.2. The Hall–Kier alpha value is -0.390. The van der Waals surface area contributed by atoms with Gasteiger partial charge in [0, 0.05) is 35.4 Å². The number of amides is 1. The summed E-state index contributed by atoms with van der Waals surface area (Å²) in [5.74, 6) is 0.0155. The fourth-order valence-electron chi connectivity index (χ4n) is 1.23. The monoisotopic (exact) mass is 290 g/mol. The molecule has 1 aromatic heterocycles. The van der Waals surface area contributed by atoms with Crippen molar-refractivity contribution in [3.05, 3.63) is 20.8 Å². The number of thiophene rings is 1. The molecular formula is C10H15BrN2OS. The zero-order chi connectivity index (χ0) is 11.3. The minimum Gasteiger partial charge on any atom is -0.355 e. The zero-order valence-electron chi connectivity index (χ0n) is 8.84. The summed E-state index contributed by atoms with van der Waals surface area (Å²) < 4.78 is 1.15. The highest BCUT2D eigenvalue weighted by Crippen LogP contribution is 2.28. The third-order valence-electron chi connectivity index (χ3n) is 1.99. The summed E-state index contributed by atoms with van der Waals surface area (Å²) in [5, 5.41) is 8.16. The van der Waals surface area contributed by atoms with Crippen molar-refractivity contribution in [1.82, 2.24) is 10.6 Å². The second kappa shape index (κ2) is 6.25. The Balaban J connectivity index is 2.28. The lowest BCUT2D eigenvalue weighted by atomic mass is 10.3. The average Bonchev–Trinajstić information content (AvgIpc) is 2.58. The van der Waals surface area contributed by atoms with Crippen molar-refractivity contribution in [1.29, 1.82) is 0 Å². The van der Waals surface area contributed by atoms with Crippen molar-refractivity contribution < 1.29 is 4.79 Å². The van der Waals surface area contributed by atoms with E-state index in [1.165, 1.54) is 11.8 Å². The summed E-state index contributed by atoms with van der Waals surface area (Å²) in [5.41, 5.74) is 0. The number of halogens is 1. The first kappa shape index (κ1) is 12.7. The van der Waals surface area contributed by atoms with Crippen molar-refractivity contribution in [2.45, 2.75) is 19.9 Å². The number of carbonyl (C=O) groups excluding carboxylic acids is 1. The Bertz CT molecular complexity index is 327. The molecule has 1 atom stereocenters. The number of nitrogens with one attached hydrogen (secondary N) is 2. The minimum absolute atomic E-state index is 0.0155. The Kier molecular flexibility index (Phi) is 5.28. The highest BCUT2D eigenvalue weighted by Gasteiger charge is 2.09. The van der Waals surface area contributed by atoms with E-state index < -0.39 is 0 Å². The van der Waals surface area contributed by atoms with Gasteiger partial charge in [0.05, 0.1) is 0 Å². The molecule has 0 fully saturated rings. The van der Waals surface area contributed by atoms with Crippen LogP contribution in [0.25, 0.3) is 0 Å². The lowest BCUT2D eigenvalue weighted by molar-refractivity contribution is -0.118. The van der Waals surface area contributed by atoms with Gasteiger partial charge in [-0.3, -0.25) is 4.79 Å². The largest absolute Gasteiger partial charge is 0.355 e. The number of carbonyl (C=O) groups is 1. The van der Waals surface area contributed by atoms with E-state index in [4.69, 9.17) is 0 Å². The van der Waals surface area contributed by atoms with Crippen molar-refractivity contribution in [2.75, 3.05) is 13.1 Å². The first-order valence-corrected chi connectivity index (χ1v) is 6.49. The topological polar surface area (TPSA) is 41.1 Å². The molecule has 0 saturated heterocycles. The third kappa shape index (κ3) is 4.32. The highest BCUT2D eigenvalue weighted by molar-refractivity contribution is 9.10. The van der Waals surface area contributed by atoms with Gasteiger partial charge in [-0.25, -0.2) is 0 Å². The Morgan fingerprint density at radius 1 is 1.60 bits per heavy atom. The van der Waals surface area contributed by atoms with Crippen molar-refractivity contribution in [3.63, 3.8) is 0 Å². The van der Waals surface area contributed by atoms with E-state index >= 15 is 0 Å². The molecule has 1 amide bonds. The third-order valence-corrected chi connectivity index (χ3v) is 4.04. The normalized spacial score (nSPS) is 12.5. The molecule has 0 aromatic carbocycles. The summed E-state index contributed by atoms with van der Waals surface area (Å²) >= 11 is 5.23. The summed E-state index contributed by atoms with van der Waals surface area (Å²) in [6.07, 6.45) is 0. The number of hydrogen-bond acceptors (Lipinski definition) is 3. The fourth-order valence-corrected chi connectivity index (χ4v) is 2.98. The minimum atomic E-state index is 0.0155. The van der Waals surface area contributed by atoms with Gasteiger partial charge >= 0.3 is 0 Å². The smallest absolute Gasteiger partial charge is 0.216 e. The Labute approximate surface area is 102 Å². The van der Waals surface area contributed by atoms with Gasteiger partial charge in [-0.05, 0) is 34.3 Å². The predicted octanol–water partition coefficient (Wildman–Crippen LogP) is 2.30. The van der Waals surface area contributed by atoms with E-state index in [1.807, 2.05) is 6.07 Å². The summed E-state index contributed by atoms with van der Waals surface area (Å²) in [4.78, 5) is 11.9. The van der Waals surface area contributed by atoms with Crippen molar-refractivity contribution >= 4 is 33.2 Å².